The van der Waals surface area contributed by atoms with Crippen LogP contribution in [0.4, 0.5) is 0 Å². The van der Waals surface area contributed by atoms with Crippen LogP contribution in [0.3, 0.4) is 0 Å². The molecule has 0 amide bonds. The minimum atomic E-state index is 1.50. The first-order valence-electron chi connectivity index (χ1n) is 1.45. The summed E-state index contributed by atoms with van der Waals surface area (Å²) < 4.78 is 0. The number of nitrogens with zero attached hydrogens (tertiary/aromatic N) is 1. The third kappa shape index (κ3) is 49.6. The third-order valence-corrected chi connectivity index (χ3v) is 0.274. The molecule has 0 rings (SSSR count). The maximum Gasteiger partial charge on any atom is 0.0582 e. The molecule has 0 aromatic carbocycles. The molecule has 0 radical (unpaired) electrons. The van der Waals surface area contributed by atoms with E-state index in [0.717, 1.165) is 0 Å². The molecule has 2 nitrogen and oxygen atoms in total. The van der Waals surface area contributed by atoms with Crippen LogP contribution in [0.15, 0.2) is 4.99 Å². The zero-order chi connectivity index (χ0) is 5.41. The minimum absolute atomic E-state index is 1.50. The van der Waals surface area contributed by atoms with Crippen molar-refractivity contribution in [1.82, 2.24) is 0 Å². The van der Waals surface area contributed by atoms with Gasteiger partial charge in [0.15, 0.2) is 0 Å². The number of hydrogen-bond acceptors (Lipinski definition) is 3. The molecule has 0 heterocycles. The molecule has 3 heteroatoms. The van der Waals surface area contributed by atoms with Gasteiger partial charge >= 0.3 is 0 Å². The number of thiocarbonyl (C=S) groups is 1. The van der Waals surface area contributed by atoms with Gasteiger partial charge in [0, 0.05) is 7.05 Å². The smallest absolute Gasteiger partial charge is 0.0582 e. The summed E-state index contributed by atoms with van der Waals surface area (Å²) in [6.45, 7) is 0. The number of isothiocyanates is 1. The molecule has 0 unspecified atom stereocenters. The maximum atomic E-state index is 4.50. The monoisotopic (exact) mass is 104 g/mol. The lowest BCUT2D eigenvalue weighted by Gasteiger charge is -1.39. The van der Waals surface area contributed by atoms with E-state index in [1.165, 1.54) is 7.05 Å². The van der Waals surface area contributed by atoms with Crippen molar-refractivity contribution in [2.75, 3.05) is 14.1 Å². The second kappa shape index (κ2) is 21.7. The van der Waals surface area contributed by atoms with Crippen molar-refractivity contribution >= 4 is 17.4 Å². The molecule has 0 aliphatic carbocycles. The quantitative estimate of drug-likeness (QED) is 0.354. The number of nitrogens with two attached hydrogens (primary N) is 1. The van der Waals surface area contributed by atoms with Gasteiger partial charge in [0.2, 0.25) is 0 Å². The highest BCUT2D eigenvalue weighted by atomic mass is 32.1. The summed E-state index contributed by atoms with van der Waals surface area (Å²) >= 11 is 4.14. The standard InChI is InChI=1S/C2H3NS.CH5N/c1-3-2-4;1-2/h1H3;2H2,1H3. The molecule has 0 saturated heterocycles. The molecule has 0 aliphatic heterocycles. The summed E-state index contributed by atoms with van der Waals surface area (Å²) in [5.74, 6) is 0. The van der Waals surface area contributed by atoms with Gasteiger partial charge < -0.3 is 5.73 Å². The van der Waals surface area contributed by atoms with Crippen LogP contribution in [0.5, 0.6) is 0 Å². The Morgan fingerprint density at radius 2 is 1.83 bits per heavy atom. The fourth-order valence-corrected chi connectivity index (χ4v) is 0. The number of hydrogen-bond donors (Lipinski definition) is 1. The Labute approximate surface area is 43.1 Å². The highest BCUT2D eigenvalue weighted by molar-refractivity contribution is 7.78. The second-order valence-electron chi connectivity index (χ2n) is 0.315. The fraction of sp³-hybridized carbons (Fsp3) is 0.667. The van der Waals surface area contributed by atoms with E-state index in [2.05, 4.69) is 28.1 Å². The fourth-order valence-electron chi connectivity index (χ4n) is 0. The molecular weight excluding hydrogens is 96.1 g/mol. The molecule has 0 bridgehead atoms. The lowest BCUT2D eigenvalue weighted by atomic mass is 11.4. The Morgan fingerprint density at radius 1 is 1.67 bits per heavy atom. The molecule has 0 spiro atoms. The van der Waals surface area contributed by atoms with E-state index in [4.69, 9.17) is 0 Å². The predicted molar refractivity (Wildman–Crippen MR) is 31.1 cm³/mol. The van der Waals surface area contributed by atoms with E-state index in [1.807, 2.05) is 0 Å². The highest BCUT2D eigenvalue weighted by Crippen LogP contribution is 1.36. The topological polar surface area (TPSA) is 38.4 Å². The molecule has 6 heavy (non-hydrogen) atoms. The molecule has 0 saturated carbocycles. The van der Waals surface area contributed by atoms with Gasteiger partial charge in [0.25, 0.3) is 0 Å². The average Bonchev–Trinajstić information content (AvgIpc) is 1.72. The zero-order valence-corrected chi connectivity index (χ0v) is 4.75. The Kier molecular flexibility index (Phi) is 33.4. The normalized spacial score (nSPS) is 3.83. The van der Waals surface area contributed by atoms with Gasteiger partial charge in [-0.25, -0.2) is 4.99 Å². The lowest BCUT2D eigenvalue weighted by molar-refractivity contribution is 1.48. The van der Waals surface area contributed by atoms with Crippen LogP contribution >= 0.6 is 12.2 Å². The first-order chi connectivity index (χ1) is 2.91. The van der Waals surface area contributed by atoms with Crippen molar-refractivity contribution in [2.24, 2.45) is 10.7 Å². The first-order valence-corrected chi connectivity index (χ1v) is 1.86. The van der Waals surface area contributed by atoms with Gasteiger partial charge in [0.1, 0.15) is 0 Å². The van der Waals surface area contributed by atoms with Crippen molar-refractivity contribution in [3.05, 3.63) is 0 Å². The van der Waals surface area contributed by atoms with Crippen LogP contribution in [0.25, 0.3) is 0 Å². The SMILES string of the molecule is CN.CN=C=S. The van der Waals surface area contributed by atoms with E-state index >= 15 is 0 Å². The van der Waals surface area contributed by atoms with Crippen LogP contribution in [0, 0.1) is 0 Å². The van der Waals surface area contributed by atoms with E-state index in [1.54, 1.807) is 7.05 Å². The van der Waals surface area contributed by atoms with E-state index < -0.39 is 0 Å². The largest absolute Gasteiger partial charge is 0.333 e. The van der Waals surface area contributed by atoms with Crippen LogP contribution in [0.1, 0.15) is 0 Å². The molecule has 36 valence electrons. The number of aliphatic imine (C=N–C) groups is 1. The van der Waals surface area contributed by atoms with Gasteiger partial charge in [-0.1, -0.05) is 0 Å². The molecule has 0 atom stereocenters. The van der Waals surface area contributed by atoms with Gasteiger partial charge in [-0.2, -0.15) is 0 Å². The van der Waals surface area contributed by atoms with E-state index in [9.17, 15) is 0 Å². The third-order valence-electron chi connectivity index (χ3n) is 0.0913. The van der Waals surface area contributed by atoms with Gasteiger partial charge in [-0.3, -0.25) is 0 Å². The van der Waals surface area contributed by atoms with Crippen LogP contribution in [0.2, 0.25) is 0 Å². The zero-order valence-electron chi connectivity index (χ0n) is 3.93. The van der Waals surface area contributed by atoms with Crippen molar-refractivity contribution in [3.63, 3.8) is 0 Å². The highest BCUT2D eigenvalue weighted by Gasteiger charge is 1.24. The summed E-state index contributed by atoms with van der Waals surface area (Å²) in [5.41, 5.74) is 4.50. The van der Waals surface area contributed by atoms with E-state index in [-0.39, 0.29) is 0 Å². The van der Waals surface area contributed by atoms with Gasteiger partial charge in [-0.15, -0.1) is 0 Å². The first kappa shape index (κ1) is 9.23. The molecule has 0 aliphatic rings. The summed E-state index contributed by atoms with van der Waals surface area (Å²) in [7, 11) is 3.09. The number of rotatable bonds is 0. The minimum Gasteiger partial charge on any atom is -0.333 e. The molecule has 0 aromatic heterocycles. The van der Waals surface area contributed by atoms with Crippen molar-refractivity contribution in [2.45, 2.75) is 0 Å². The second-order valence-corrected chi connectivity index (χ2v) is 0.497. The summed E-state index contributed by atoms with van der Waals surface area (Å²) in [6.07, 6.45) is 0. The average molecular weight is 104 g/mol. The lowest BCUT2D eigenvalue weighted by Crippen LogP contribution is -1.69. The summed E-state index contributed by atoms with van der Waals surface area (Å²) in [4.78, 5) is 3.30. The molecule has 0 aromatic rings. The Hall–Kier alpha value is -0.240. The van der Waals surface area contributed by atoms with Crippen LogP contribution in [-0.2, 0) is 0 Å². The summed E-state index contributed by atoms with van der Waals surface area (Å²) in [5, 5.41) is 2.14. The van der Waals surface area contributed by atoms with Gasteiger partial charge in [-0.05, 0) is 19.3 Å². The molecule has 0 fully saturated rings. The Balaban J connectivity index is 0. The van der Waals surface area contributed by atoms with E-state index in [0.29, 0.717) is 0 Å². The van der Waals surface area contributed by atoms with Crippen molar-refractivity contribution in [3.8, 4) is 0 Å². The molecule has 2 N–H and O–H groups in total. The summed E-state index contributed by atoms with van der Waals surface area (Å²) in [6, 6.07) is 0. The van der Waals surface area contributed by atoms with Gasteiger partial charge in [0.05, 0.1) is 5.16 Å². The Morgan fingerprint density at radius 3 is 1.83 bits per heavy atom. The van der Waals surface area contributed by atoms with Crippen LogP contribution in [-0.4, -0.2) is 19.3 Å². The predicted octanol–water partition coefficient (Wildman–Crippen LogP) is 0.294. The van der Waals surface area contributed by atoms with Crippen molar-refractivity contribution in [1.29, 1.82) is 0 Å². The maximum absolute atomic E-state index is 4.50. The van der Waals surface area contributed by atoms with Crippen LogP contribution < -0.4 is 5.73 Å². The van der Waals surface area contributed by atoms with Crippen molar-refractivity contribution < 1.29 is 0 Å². The Bertz CT molecular complexity index is 46.8. The molecular formula is C3H8N2S.